The number of nitrogens with zero attached hydrogens (tertiary/aromatic N) is 3. The molecule has 0 unspecified atom stereocenters. The first-order valence-corrected chi connectivity index (χ1v) is 9.14. The average molecular weight is 327 g/mol. The number of hydrogen-bond donors (Lipinski definition) is 0. The zero-order chi connectivity index (χ0) is 16.8. The number of para-hydroxylation sites is 1. The predicted molar refractivity (Wildman–Crippen MR) is 99.2 cm³/mol. The molecule has 0 bridgehead atoms. The van der Waals surface area contributed by atoms with E-state index in [-0.39, 0.29) is 12.0 Å². The van der Waals surface area contributed by atoms with Crippen molar-refractivity contribution < 1.29 is 0 Å². The molecule has 0 aliphatic carbocycles. The molecule has 1 fully saturated rings. The number of nitriles is 1. The van der Waals surface area contributed by atoms with Crippen LogP contribution >= 0.6 is 0 Å². The lowest BCUT2D eigenvalue weighted by Crippen LogP contribution is -2.34. The van der Waals surface area contributed by atoms with Crippen LogP contribution < -0.4 is 0 Å². The van der Waals surface area contributed by atoms with E-state index in [2.05, 4.69) is 70.1 Å². The molecule has 2 atom stereocenters. The topological polar surface area (TPSA) is 32.0 Å². The predicted octanol–water partition coefficient (Wildman–Crippen LogP) is 4.13. The molecule has 3 aromatic rings. The molecule has 3 nitrogen and oxygen atoms in total. The Balaban J connectivity index is 1.74. The summed E-state index contributed by atoms with van der Waals surface area (Å²) < 4.78 is 2.48. The fraction of sp³-hybridized carbons (Fsp3) is 0.318. The Morgan fingerprint density at radius 1 is 1.00 bits per heavy atom. The summed E-state index contributed by atoms with van der Waals surface area (Å²) in [5, 5.41) is 11.1. The van der Waals surface area contributed by atoms with E-state index in [1.165, 1.54) is 27.7 Å². The van der Waals surface area contributed by atoms with Gasteiger partial charge in [0.15, 0.2) is 0 Å². The number of rotatable bonds is 2. The smallest absolute Gasteiger partial charge is 0.0687 e. The summed E-state index contributed by atoms with van der Waals surface area (Å²) in [5.41, 5.74) is 5.48. The molecule has 0 spiro atoms. The summed E-state index contributed by atoms with van der Waals surface area (Å²) in [4.78, 5) is 2.52. The summed E-state index contributed by atoms with van der Waals surface area (Å²) in [6.45, 7) is 3.00. The van der Waals surface area contributed by atoms with E-state index in [1.54, 1.807) is 0 Å². The maximum absolute atomic E-state index is 9.70. The molecular weight excluding hydrogens is 306 g/mol. The first kappa shape index (κ1) is 14.7. The van der Waals surface area contributed by atoms with Crippen LogP contribution in [0.15, 0.2) is 54.6 Å². The molecule has 1 saturated heterocycles. The highest BCUT2D eigenvalue weighted by atomic mass is 15.2. The highest BCUT2D eigenvalue weighted by Crippen LogP contribution is 2.45. The van der Waals surface area contributed by atoms with Gasteiger partial charge in [0, 0.05) is 36.2 Å². The van der Waals surface area contributed by atoms with Gasteiger partial charge in [-0.15, -0.1) is 0 Å². The number of aromatic nitrogens is 1. The second kappa shape index (κ2) is 5.75. The van der Waals surface area contributed by atoms with E-state index < -0.39 is 0 Å². The minimum absolute atomic E-state index is 0.109. The van der Waals surface area contributed by atoms with Gasteiger partial charge in [-0.1, -0.05) is 48.5 Å². The van der Waals surface area contributed by atoms with Crippen LogP contribution in [-0.2, 0) is 13.0 Å². The van der Waals surface area contributed by atoms with Crippen LogP contribution in [0.1, 0.15) is 29.3 Å². The highest BCUT2D eigenvalue weighted by Gasteiger charge is 2.41. The molecular formula is C22H21N3. The van der Waals surface area contributed by atoms with E-state index in [4.69, 9.17) is 0 Å². The molecule has 5 rings (SSSR count). The third-order valence-electron chi connectivity index (χ3n) is 5.90. The Bertz CT molecular complexity index is 964. The van der Waals surface area contributed by atoms with Gasteiger partial charge in [0.25, 0.3) is 0 Å². The first-order chi connectivity index (χ1) is 12.4. The number of benzene rings is 2. The van der Waals surface area contributed by atoms with Crippen LogP contribution in [0.5, 0.6) is 0 Å². The molecule has 0 saturated carbocycles. The molecule has 124 valence electrons. The minimum Gasteiger partial charge on any atom is -0.338 e. The quantitative estimate of drug-likeness (QED) is 0.709. The van der Waals surface area contributed by atoms with Crippen molar-refractivity contribution in [3.63, 3.8) is 0 Å². The van der Waals surface area contributed by atoms with Crippen molar-refractivity contribution in [2.24, 2.45) is 5.92 Å². The van der Waals surface area contributed by atoms with Crippen LogP contribution in [0.3, 0.4) is 0 Å². The molecule has 2 aliphatic rings. The van der Waals surface area contributed by atoms with Gasteiger partial charge in [-0.05, 0) is 30.0 Å². The zero-order valence-electron chi connectivity index (χ0n) is 14.2. The van der Waals surface area contributed by atoms with Crippen LogP contribution in [0, 0.1) is 17.2 Å². The number of hydrogen-bond acceptors (Lipinski definition) is 2. The SMILES string of the molecule is N#C[C@@H]1CCN2CCc3c(n(Cc4ccccc4)c4ccccc34)[C@@H]12. The summed E-state index contributed by atoms with van der Waals surface area (Å²) in [6, 6.07) is 22.3. The summed E-state index contributed by atoms with van der Waals surface area (Å²) in [5.74, 6) is 0.109. The zero-order valence-corrected chi connectivity index (χ0v) is 14.2. The number of fused-ring (bicyclic) bond motifs is 5. The van der Waals surface area contributed by atoms with Crippen molar-refractivity contribution >= 4 is 10.9 Å². The molecule has 0 amide bonds. The summed E-state index contributed by atoms with van der Waals surface area (Å²) >= 11 is 0. The second-order valence-corrected chi connectivity index (χ2v) is 7.21. The average Bonchev–Trinajstić information content (AvgIpc) is 3.22. The van der Waals surface area contributed by atoms with Gasteiger partial charge >= 0.3 is 0 Å². The highest BCUT2D eigenvalue weighted by molar-refractivity contribution is 5.86. The molecule has 3 heterocycles. The lowest BCUT2D eigenvalue weighted by atomic mass is 9.91. The van der Waals surface area contributed by atoms with Crippen molar-refractivity contribution in [1.29, 1.82) is 5.26 Å². The van der Waals surface area contributed by atoms with E-state index in [1.807, 2.05) is 0 Å². The molecule has 0 radical (unpaired) electrons. The monoisotopic (exact) mass is 327 g/mol. The molecule has 2 aromatic carbocycles. The first-order valence-electron chi connectivity index (χ1n) is 9.14. The van der Waals surface area contributed by atoms with Crippen molar-refractivity contribution in [1.82, 2.24) is 9.47 Å². The van der Waals surface area contributed by atoms with Crippen molar-refractivity contribution in [3.8, 4) is 6.07 Å². The van der Waals surface area contributed by atoms with Gasteiger partial charge < -0.3 is 4.57 Å². The van der Waals surface area contributed by atoms with Crippen LogP contribution in [0.25, 0.3) is 10.9 Å². The van der Waals surface area contributed by atoms with Gasteiger partial charge in [-0.2, -0.15) is 5.26 Å². The van der Waals surface area contributed by atoms with Crippen molar-refractivity contribution in [2.75, 3.05) is 13.1 Å². The maximum atomic E-state index is 9.70. The van der Waals surface area contributed by atoms with E-state index in [0.29, 0.717) is 0 Å². The lowest BCUT2D eigenvalue weighted by molar-refractivity contribution is 0.221. The van der Waals surface area contributed by atoms with Gasteiger partial charge in [0.2, 0.25) is 0 Å². The van der Waals surface area contributed by atoms with Crippen molar-refractivity contribution in [3.05, 3.63) is 71.4 Å². The largest absolute Gasteiger partial charge is 0.338 e. The Labute approximate surface area is 148 Å². The van der Waals surface area contributed by atoms with Crippen molar-refractivity contribution in [2.45, 2.75) is 25.4 Å². The second-order valence-electron chi connectivity index (χ2n) is 7.21. The third-order valence-corrected chi connectivity index (χ3v) is 5.90. The maximum Gasteiger partial charge on any atom is 0.0687 e. The van der Waals surface area contributed by atoms with Gasteiger partial charge in [0.1, 0.15) is 0 Å². The van der Waals surface area contributed by atoms with Gasteiger partial charge in [-0.3, -0.25) is 4.90 Å². The Kier molecular flexibility index (Phi) is 3.39. The van der Waals surface area contributed by atoms with Crippen LogP contribution in [0.4, 0.5) is 0 Å². The standard InChI is InChI=1S/C22H21N3/c23-14-17-10-12-24-13-11-19-18-8-4-5-9-20(18)25(22(19)21(17)24)15-16-6-2-1-3-7-16/h1-9,17,21H,10-13,15H2/t17-,21+/m0/s1. The summed E-state index contributed by atoms with van der Waals surface area (Å²) in [7, 11) is 0. The third kappa shape index (κ3) is 2.22. The molecule has 2 aliphatic heterocycles. The fourth-order valence-corrected chi connectivity index (χ4v) is 4.79. The van der Waals surface area contributed by atoms with Gasteiger partial charge in [0.05, 0.1) is 18.0 Å². The van der Waals surface area contributed by atoms with E-state index in [0.717, 1.165) is 32.5 Å². The van der Waals surface area contributed by atoms with Crippen LogP contribution in [-0.4, -0.2) is 22.6 Å². The lowest BCUT2D eigenvalue weighted by Gasteiger charge is -2.32. The van der Waals surface area contributed by atoms with E-state index >= 15 is 0 Å². The van der Waals surface area contributed by atoms with Gasteiger partial charge in [-0.25, -0.2) is 0 Å². The molecule has 0 N–H and O–H groups in total. The molecule has 25 heavy (non-hydrogen) atoms. The minimum atomic E-state index is 0.109. The van der Waals surface area contributed by atoms with Crippen LogP contribution in [0.2, 0.25) is 0 Å². The Morgan fingerprint density at radius 2 is 1.80 bits per heavy atom. The molecule has 1 aromatic heterocycles. The van der Waals surface area contributed by atoms with E-state index in [9.17, 15) is 5.26 Å². The summed E-state index contributed by atoms with van der Waals surface area (Å²) in [6.07, 6.45) is 2.08. The Morgan fingerprint density at radius 3 is 2.64 bits per heavy atom. The molecule has 3 heteroatoms. The normalized spacial score (nSPS) is 22.5. The fourth-order valence-electron chi connectivity index (χ4n) is 4.79. The Hall–Kier alpha value is -2.57.